The van der Waals surface area contributed by atoms with Crippen molar-refractivity contribution in [1.29, 1.82) is 0 Å². The molecule has 1 atom stereocenters. The van der Waals surface area contributed by atoms with Crippen LogP contribution in [0.5, 0.6) is 0 Å². The molecule has 0 spiro atoms. The summed E-state index contributed by atoms with van der Waals surface area (Å²) in [6.07, 6.45) is 1.80. The Morgan fingerprint density at radius 3 is 2.74 bits per heavy atom. The van der Waals surface area contributed by atoms with Gasteiger partial charge >= 0.3 is 0 Å². The summed E-state index contributed by atoms with van der Waals surface area (Å²) in [6, 6.07) is 12.2. The second kappa shape index (κ2) is 4.50. The fourth-order valence-corrected chi connectivity index (χ4v) is 2.92. The van der Waals surface area contributed by atoms with Gasteiger partial charge in [0.1, 0.15) is 5.82 Å². The lowest BCUT2D eigenvalue weighted by Gasteiger charge is -2.15. The van der Waals surface area contributed by atoms with Crippen LogP contribution in [0.3, 0.4) is 0 Å². The van der Waals surface area contributed by atoms with Crippen LogP contribution >= 0.6 is 0 Å². The Bertz CT molecular complexity index is 651. The first-order valence-electron chi connectivity index (χ1n) is 6.34. The Balaban J connectivity index is 2.11. The molecule has 1 aliphatic rings. The van der Waals surface area contributed by atoms with Gasteiger partial charge in [0.2, 0.25) is 5.91 Å². The molecule has 0 saturated heterocycles. The fourth-order valence-electron chi connectivity index (χ4n) is 2.92. The average Bonchev–Trinajstić information content (AvgIpc) is 2.81. The Labute approximate surface area is 111 Å². The minimum Gasteiger partial charge on any atom is -0.366 e. The summed E-state index contributed by atoms with van der Waals surface area (Å²) in [5, 5.41) is 0. The molecule has 1 amide bonds. The van der Waals surface area contributed by atoms with Gasteiger partial charge in [-0.1, -0.05) is 24.3 Å². The first-order valence-corrected chi connectivity index (χ1v) is 6.34. The van der Waals surface area contributed by atoms with Gasteiger partial charge in [-0.25, -0.2) is 4.39 Å². The summed E-state index contributed by atoms with van der Waals surface area (Å²) in [7, 11) is 0. The molecule has 3 rings (SSSR count). The molecular weight excluding hydrogens is 241 g/mol. The van der Waals surface area contributed by atoms with Gasteiger partial charge < -0.3 is 5.73 Å². The molecule has 2 nitrogen and oxygen atoms in total. The molecule has 2 aromatic rings. The van der Waals surface area contributed by atoms with Crippen LogP contribution in [0.15, 0.2) is 42.5 Å². The van der Waals surface area contributed by atoms with E-state index in [1.54, 1.807) is 18.2 Å². The Morgan fingerprint density at radius 1 is 1.16 bits per heavy atom. The number of hydrogen-bond acceptors (Lipinski definition) is 1. The van der Waals surface area contributed by atoms with Gasteiger partial charge in [0.05, 0.1) is 0 Å². The van der Waals surface area contributed by atoms with Gasteiger partial charge in [-0.3, -0.25) is 4.79 Å². The number of amides is 1. The summed E-state index contributed by atoms with van der Waals surface area (Å²) >= 11 is 0. The van der Waals surface area contributed by atoms with Crippen LogP contribution in [0.25, 0.3) is 0 Å². The highest BCUT2D eigenvalue weighted by Gasteiger charge is 2.27. The minimum atomic E-state index is -0.430. The summed E-state index contributed by atoms with van der Waals surface area (Å²) in [6.45, 7) is 0. The smallest absolute Gasteiger partial charge is 0.248 e. The van der Waals surface area contributed by atoms with Gasteiger partial charge in [-0.15, -0.1) is 0 Å². The molecule has 19 heavy (non-hydrogen) atoms. The molecule has 0 fully saturated rings. The molecule has 0 radical (unpaired) electrons. The highest BCUT2D eigenvalue weighted by molar-refractivity contribution is 5.94. The predicted molar refractivity (Wildman–Crippen MR) is 71.5 cm³/mol. The van der Waals surface area contributed by atoms with Gasteiger partial charge in [0, 0.05) is 11.5 Å². The van der Waals surface area contributed by atoms with Gasteiger partial charge in [-0.2, -0.15) is 0 Å². The number of fused-ring (bicyclic) bond motifs is 1. The number of nitrogens with two attached hydrogens (primary N) is 1. The number of carbonyl (C=O) groups excluding carboxylic acids is 1. The van der Waals surface area contributed by atoms with E-state index in [9.17, 15) is 9.18 Å². The number of rotatable bonds is 2. The van der Waals surface area contributed by atoms with Crippen molar-refractivity contribution >= 4 is 5.91 Å². The van der Waals surface area contributed by atoms with E-state index < -0.39 is 5.91 Å². The second-order valence-corrected chi connectivity index (χ2v) is 4.89. The van der Waals surface area contributed by atoms with Gasteiger partial charge in [0.15, 0.2) is 0 Å². The fraction of sp³-hybridized carbons (Fsp3) is 0.188. The number of primary amides is 1. The Morgan fingerprint density at radius 2 is 1.95 bits per heavy atom. The van der Waals surface area contributed by atoms with Gasteiger partial charge in [0.25, 0.3) is 0 Å². The maximum Gasteiger partial charge on any atom is 0.248 e. The monoisotopic (exact) mass is 255 g/mol. The third kappa shape index (κ3) is 2.01. The predicted octanol–water partition coefficient (Wildman–Crippen LogP) is 3.00. The van der Waals surface area contributed by atoms with Crippen molar-refractivity contribution in [2.45, 2.75) is 18.8 Å². The lowest BCUT2D eigenvalue weighted by atomic mass is 9.89. The van der Waals surface area contributed by atoms with Crippen LogP contribution in [-0.2, 0) is 6.42 Å². The Hall–Kier alpha value is -2.16. The van der Waals surface area contributed by atoms with Crippen molar-refractivity contribution in [3.8, 4) is 0 Å². The van der Waals surface area contributed by atoms with E-state index in [1.165, 1.54) is 6.07 Å². The Kier molecular flexibility index (Phi) is 2.82. The lowest BCUT2D eigenvalue weighted by molar-refractivity contribution is 0.0999. The summed E-state index contributed by atoms with van der Waals surface area (Å²) in [4.78, 5) is 11.5. The number of carbonyl (C=O) groups is 1. The molecule has 0 aromatic heterocycles. The third-order valence-electron chi connectivity index (χ3n) is 3.79. The van der Waals surface area contributed by atoms with Crippen LogP contribution < -0.4 is 5.73 Å². The van der Waals surface area contributed by atoms with Crippen LogP contribution in [0, 0.1) is 5.82 Å². The first-order chi connectivity index (χ1) is 9.16. The highest BCUT2D eigenvalue weighted by atomic mass is 19.1. The molecule has 3 heteroatoms. The van der Waals surface area contributed by atoms with Crippen molar-refractivity contribution < 1.29 is 9.18 Å². The molecule has 1 aliphatic carbocycles. The SMILES string of the molecule is NC(=O)c1ccccc1[C@@H]1CCc2ccc(F)cc21. The van der Waals surface area contributed by atoms with Gasteiger partial charge in [-0.05, 0) is 47.7 Å². The molecule has 0 saturated carbocycles. The molecule has 2 aromatic carbocycles. The zero-order chi connectivity index (χ0) is 13.4. The molecule has 0 aliphatic heterocycles. The summed E-state index contributed by atoms with van der Waals surface area (Å²) < 4.78 is 13.4. The van der Waals surface area contributed by atoms with Crippen LogP contribution in [0.2, 0.25) is 0 Å². The summed E-state index contributed by atoms with van der Waals surface area (Å²) in [5.41, 5.74) is 8.99. The quantitative estimate of drug-likeness (QED) is 0.880. The van der Waals surface area contributed by atoms with Crippen molar-refractivity contribution in [2.75, 3.05) is 0 Å². The molecular formula is C16H14FNO. The van der Waals surface area contributed by atoms with Crippen molar-refractivity contribution in [3.05, 3.63) is 70.5 Å². The lowest BCUT2D eigenvalue weighted by Crippen LogP contribution is -2.15. The molecule has 96 valence electrons. The van der Waals surface area contributed by atoms with E-state index in [1.807, 2.05) is 18.2 Å². The van der Waals surface area contributed by atoms with E-state index in [0.29, 0.717) is 5.56 Å². The number of benzene rings is 2. The average molecular weight is 255 g/mol. The summed E-state index contributed by atoms with van der Waals surface area (Å²) in [5.74, 6) is -0.600. The van der Waals surface area contributed by atoms with Crippen molar-refractivity contribution in [1.82, 2.24) is 0 Å². The van der Waals surface area contributed by atoms with Crippen LogP contribution in [0.1, 0.15) is 39.4 Å². The second-order valence-electron chi connectivity index (χ2n) is 4.89. The minimum absolute atomic E-state index is 0.0643. The normalized spacial score (nSPS) is 17.2. The van der Waals surface area contributed by atoms with E-state index in [4.69, 9.17) is 5.73 Å². The zero-order valence-electron chi connectivity index (χ0n) is 10.4. The highest BCUT2D eigenvalue weighted by Crippen LogP contribution is 2.39. The number of aryl methyl sites for hydroxylation is 1. The maximum absolute atomic E-state index is 13.4. The largest absolute Gasteiger partial charge is 0.366 e. The van der Waals surface area contributed by atoms with Crippen LogP contribution in [-0.4, -0.2) is 5.91 Å². The first kappa shape index (κ1) is 11.9. The van der Waals surface area contributed by atoms with E-state index in [-0.39, 0.29) is 11.7 Å². The maximum atomic E-state index is 13.4. The molecule has 0 bridgehead atoms. The van der Waals surface area contributed by atoms with E-state index in [2.05, 4.69) is 0 Å². The molecule has 0 heterocycles. The van der Waals surface area contributed by atoms with Crippen LogP contribution in [0.4, 0.5) is 4.39 Å². The zero-order valence-corrected chi connectivity index (χ0v) is 10.4. The number of hydrogen-bond donors (Lipinski definition) is 1. The third-order valence-corrected chi connectivity index (χ3v) is 3.79. The van der Waals surface area contributed by atoms with E-state index >= 15 is 0 Å². The standard InChI is InChI=1S/C16H14FNO/c17-11-7-5-10-6-8-13(15(10)9-11)12-3-1-2-4-14(12)16(18)19/h1-5,7,9,13H,6,8H2,(H2,18,19)/t13-/m0/s1. The van der Waals surface area contributed by atoms with E-state index in [0.717, 1.165) is 29.5 Å². The molecule has 0 unspecified atom stereocenters. The van der Waals surface area contributed by atoms with Crippen molar-refractivity contribution in [2.24, 2.45) is 5.73 Å². The molecule has 2 N–H and O–H groups in total. The van der Waals surface area contributed by atoms with Crippen molar-refractivity contribution in [3.63, 3.8) is 0 Å². The number of halogens is 1. The topological polar surface area (TPSA) is 43.1 Å².